The third-order valence-corrected chi connectivity index (χ3v) is 2.81. The number of hydrogen-bond acceptors (Lipinski definition) is 2. The van der Waals surface area contributed by atoms with Gasteiger partial charge in [-0.15, -0.1) is 0 Å². The van der Waals surface area contributed by atoms with E-state index in [-0.39, 0.29) is 0 Å². The quantitative estimate of drug-likeness (QED) is 0.458. The van der Waals surface area contributed by atoms with Crippen molar-refractivity contribution in [3.05, 3.63) is 0 Å². The summed E-state index contributed by atoms with van der Waals surface area (Å²) >= 11 is 0. The maximum absolute atomic E-state index is 9.41. The van der Waals surface area contributed by atoms with Crippen LogP contribution in [0.5, 0.6) is 0 Å². The Morgan fingerprint density at radius 1 is 1.14 bits per heavy atom. The lowest BCUT2D eigenvalue weighted by molar-refractivity contribution is -0.113. The zero-order chi connectivity index (χ0) is 10.2. The van der Waals surface area contributed by atoms with Crippen molar-refractivity contribution in [1.29, 1.82) is 0 Å². The van der Waals surface area contributed by atoms with Crippen molar-refractivity contribution in [2.45, 2.75) is 64.6 Å². The summed E-state index contributed by atoms with van der Waals surface area (Å²) in [4.78, 5) is 0. The van der Waals surface area contributed by atoms with Gasteiger partial charge in [-0.05, 0) is 19.3 Å². The van der Waals surface area contributed by atoms with Crippen molar-refractivity contribution in [2.24, 2.45) is 5.92 Å². The van der Waals surface area contributed by atoms with Crippen LogP contribution in [0.15, 0.2) is 0 Å². The summed E-state index contributed by atoms with van der Waals surface area (Å²) < 4.78 is 5.33. The second-order valence-corrected chi connectivity index (χ2v) is 4.37. The average molecular weight is 200 g/mol. The molecule has 1 atom stereocenters. The summed E-state index contributed by atoms with van der Waals surface area (Å²) in [6.07, 6.45) is 9.51. The van der Waals surface area contributed by atoms with Crippen LogP contribution >= 0.6 is 0 Å². The summed E-state index contributed by atoms with van der Waals surface area (Å²) in [6.45, 7) is 2.97. The van der Waals surface area contributed by atoms with Gasteiger partial charge in [0.1, 0.15) is 0 Å². The first-order chi connectivity index (χ1) is 6.84. The molecule has 14 heavy (non-hydrogen) atoms. The molecular formula is C12H24O2. The van der Waals surface area contributed by atoms with E-state index in [1.165, 1.54) is 32.1 Å². The summed E-state index contributed by atoms with van der Waals surface area (Å²) in [7, 11) is 0. The van der Waals surface area contributed by atoms with E-state index in [9.17, 15) is 5.11 Å². The lowest BCUT2D eigenvalue weighted by Gasteiger charge is -2.10. The fourth-order valence-corrected chi connectivity index (χ4v) is 1.60. The van der Waals surface area contributed by atoms with Gasteiger partial charge in [0.25, 0.3) is 0 Å². The van der Waals surface area contributed by atoms with Gasteiger partial charge in [-0.2, -0.15) is 0 Å². The first-order valence-electron chi connectivity index (χ1n) is 6.14. The summed E-state index contributed by atoms with van der Waals surface area (Å²) in [5.41, 5.74) is 0. The van der Waals surface area contributed by atoms with E-state index in [4.69, 9.17) is 4.74 Å². The van der Waals surface area contributed by atoms with Gasteiger partial charge in [0.15, 0.2) is 6.29 Å². The Morgan fingerprint density at radius 3 is 2.43 bits per heavy atom. The molecule has 0 amide bonds. The molecule has 0 bridgehead atoms. The highest BCUT2D eigenvalue weighted by Gasteiger charge is 2.30. The van der Waals surface area contributed by atoms with E-state index >= 15 is 0 Å². The van der Waals surface area contributed by atoms with Crippen LogP contribution in [0.2, 0.25) is 0 Å². The van der Waals surface area contributed by atoms with Crippen molar-refractivity contribution in [3.63, 3.8) is 0 Å². The maximum Gasteiger partial charge on any atom is 0.157 e. The van der Waals surface area contributed by atoms with Crippen LogP contribution in [0.3, 0.4) is 0 Å². The first-order valence-corrected chi connectivity index (χ1v) is 6.14. The highest BCUT2D eigenvalue weighted by molar-refractivity contribution is 4.75. The molecule has 1 aliphatic rings. The van der Waals surface area contributed by atoms with Crippen molar-refractivity contribution in [3.8, 4) is 0 Å². The van der Waals surface area contributed by atoms with E-state index < -0.39 is 6.29 Å². The molecule has 0 aromatic heterocycles. The van der Waals surface area contributed by atoms with Gasteiger partial charge < -0.3 is 9.84 Å². The van der Waals surface area contributed by atoms with E-state index in [2.05, 4.69) is 6.92 Å². The molecule has 0 saturated heterocycles. The fraction of sp³-hybridized carbons (Fsp3) is 1.00. The number of rotatable bonds is 9. The van der Waals surface area contributed by atoms with Gasteiger partial charge >= 0.3 is 0 Å². The van der Waals surface area contributed by atoms with Crippen LogP contribution in [-0.2, 0) is 4.74 Å². The molecule has 0 aromatic rings. The maximum atomic E-state index is 9.41. The molecule has 1 saturated carbocycles. The monoisotopic (exact) mass is 200 g/mol. The third kappa shape index (κ3) is 5.61. The third-order valence-electron chi connectivity index (χ3n) is 2.81. The van der Waals surface area contributed by atoms with Crippen molar-refractivity contribution in [2.75, 3.05) is 6.61 Å². The zero-order valence-electron chi connectivity index (χ0n) is 9.37. The lowest BCUT2D eigenvalue weighted by atomic mass is 10.1. The molecule has 2 nitrogen and oxygen atoms in total. The Labute approximate surface area is 87.7 Å². The molecular weight excluding hydrogens is 176 g/mol. The van der Waals surface area contributed by atoms with E-state index in [1.807, 2.05) is 0 Å². The topological polar surface area (TPSA) is 29.5 Å². The van der Waals surface area contributed by atoms with Crippen molar-refractivity contribution in [1.82, 2.24) is 0 Å². The number of unbranched alkanes of at least 4 members (excludes halogenated alkanes) is 5. The largest absolute Gasteiger partial charge is 0.368 e. The Morgan fingerprint density at radius 2 is 1.79 bits per heavy atom. The molecule has 1 fully saturated rings. The fourth-order valence-electron chi connectivity index (χ4n) is 1.60. The minimum atomic E-state index is -0.467. The van der Waals surface area contributed by atoms with Crippen LogP contribution < -0.4 is 0 Å². The van der Waals surface area contributed by atoms with Gasteiger partial charge in [0, 0.05) is 12.5 Å². The van der Waals surface area contributed by atoms with Gasteiger partial charge in [-0.3, -0.25) is 0 Å². The van der Waals surface area contributed by atoms with Crippen LogP contribution in [0.4, 0.5) is 0 Å². The smallest absolute Gasteiger partial charge is 0.157 e. The molecule has 0 heterocycles. The molecule has 0 spiro atoms. The molecule has 1 aliphatic carbocycles. The average Bonchev–Trinajstić information content (AvgIpc) is 2.99. The molecule has 0 aliphatic heterocycles. The standard InChI is InChI=1S/C12H24O2/c1-2-3-4-5-6-7-10-14-12(13)11-8-9-11/h11-13H,2-10H2,1H3. The summed E-state index contributed by atoms with van der Waals surface area (Å²) in [5.74, 6) is 0.454. The number of aliphatic hydroxyl groups excluding tert-OH is 1. The van der Waals surface area contributed by atoms with Gasteiger partial charge in [-0.25, -0.2) is 0 Å². The van der Waals surface area contributed by atoms with Crippen LogP contribution in [0.1, 0.15) is 58.3 Å². The van der Waals surface area contributed by atoms with Crippen LogP contribution in [-0.4, -0.2) is 18.0 Å². The van der Waals surface area contributed by atoms with Gasteiger partial charge in [-0.1, -0.05) is 39.0 Å². The van der Waals surface area contributed by atoms with Crippen molar-refractivity contribution >= 4 is 0 Å². The first kappa shape index (κ1) is 12.0. The molecule has 84 valence electrons. The molecule has 1 unspecified atom stereocenters. The highest BCUT2D eigenvalue weighted by Crippen LogP contribution is 2.32. The van der Waals surface area contributed by atoms with Crippen molar-refractivity contribution < 1.29 is 9.84 Å². The Kier molecular flexibility index (Phi) is 6.20. The normalized spacial score (nSPS) is 18.4. The minimum Gasteiger partial charge on any atom is -0.368 e. The zero-order valence-corrected chi connectivity index (χ0v) is 9.37. The predicted octanol–water partition coefficient (Wildman–Crippen LogP) is 3.09. The molecule has 0 aromatic carbocycles. The predicted molar refractivity (Wildman–Crippen MR) is 58.1 cm³/mol. The molecule has 1 N–H and O–H groups in total. The van der Waals surface area contributed by atoms with Gasteiger partial charge in [0.2, 0.25) is 0 Å². The number of aliphatic hydroxyl groups is 1. The minimum absolute atomic E-state index is 0.454. The Hall–Kier alpha value is -0.0800. The Balaban J connectivity index is 1.75. The second kappa shape index (κ2) is 7.24. The SMILES string of the molecule is CCCCCCCCOC(O)C1CC1. The summed E-state index contributed by atoms with van der Waals surface area (Å²) in [5, 5.41) is 9.41. The highest BCUT2D eigenvalue weighted by atomic mass is 16.6. The molecule has 0 radical (unpaired) electrons. The summed E-state index contributed by atoms with van der Waals surface area (Å²) in [6, 6.07) is 0. The second-order valence-electron chi connectivity index (χ2n) is 4.37. The van der Waals surface area contributed by atoms with Crippen LogP contribution in [0.25, 0.3) is 0 Å². The van der Waals surface area contributed by atoms with E-state index in [0.717, 1.165) is 25.9 Å². The van der Waals surface area contributed by atoms with Crippen LogP contribution in [0, 0.1) is 5.92 Å². The lowest BCUT2D eigenvalue weighted by Crippen LogP contribution is -2.14. The van der Waals surface area contributed by atoms with E-state index in [1.54, 1.807) is 0 Å². The molecule has 1 rings (SSSR count). The van der Waals surface area contributed by atoms with E-state index in [0.29, 0.717) is 5.92 Å². The molecule has 2 heteroatoms. The van der Waals surface area contributed by atoms with Gasteiger partial charge in [0.05, 0.1) is 0 Å². The number of hydrogen-bond donors (Lipinski definition) is 1. The number of ether oxygens (including phenoxy) is 1. The Bertz CT molecular complexity index is 132.